The van der Waals surface area contributed by atoms with Crippen LogP contribution in [0.15, 0.2) is 61.2 Å². The zero-order chi connectivity index (χ0) is 26.4. The maximum absolute atomic E-state index is 14.5. The first-order chi connectivity index (χ1) is 18.2. The van der Waals surface area contributed by atoms with Gasteiger partial charge in [0.25, 0.3) is 0 Å². The molecule has 0 spiro atoms. The Bertz CT molecular complexity index is 1950. The topological polar surface area (TPSA) is 156 Å². The van der Waals surface area contributed by atoms with Crippen LogP contribution in [0.3, 0.4) is 0 Å². The highest BCUT2D eigenvalue weighted by molar-refractivity contribution is 7.90. The summed E-state index contributed by atoms with van der Waals surface area (Å²) in [7, 11) is -3.18. The standard InChI is InChI=1S/C26H21FN8O2S/c1-38(36,37)5-3-14-6-15(8-17(27)7-14)19-2-4-30-25-23(19)32-26(33-25)24-20-10-21(31-13-22(20)34-35-24)16-9-18(28)12-29-11-16/h2,4,6-13H,3,5,28H2,1H3,(H,34,35)(H,30,32,33). The number of fused-ring (bicyclic) bond motifs is 2. The van der Waals surface area contributed by atoms with Gasteiger partial charge in [-0.2, -0.15) is 5.10 Å². The van der Waals surface area contributed by atoms with E-state index in [-0.39, 0.29) is 12.2 Å². The molecule has 0 atom stereocenters. The number of aromatic nitrogens is 7. The Morgan fingerprint density at radius 1 is 1.03 bits per heavy atom. The highest BCUT2D eigenvalue weighted by atomic mass is 32.2. The number of aryl methyl sites for hydroxylation is 1. The van der Waals surface area contributed by atoms with Gasteiger partial charge >= 0.3 is 0 Å². The van der Waals surface area contributed by atoms with Gasteiger partial charge in [0.15, 0.2) is 11.5 Å². The van der Waals surface area contributed by atoms with E-state index in [0.29, 0.717) is 50.8 Å². The summed E-state index contributed by atoms with van der Waals surface area (Å²) in [6.07, 6.45) is 7.91. The maximum Gasteiger partial charge on any atom is 0.178 e. The van der Waals surface area contributed by atoms with Crippen molar-refractivity contribution >= 4 is 37.6 Å². The minimum Gasteiger partial charge on any atom is -0.397 e. The van der Waals surface area contributed by atoms with Crippen molar-refractivity contribution < 1.29 is 12.8 Å². The number of imidazole rings is 1. The number of nitrogens with zero attached hydrogens (tertiary/aromatic N) is 5. The van der Waals surface area contributed by atoms with Crippen molar-refractivity contribution in [2.24, 2.45) is 0 Å². The lowest BCUT2D eigenvalue weighted by molar-refractivity contribution is 0.600. The molecule has 0 amide bonds. The molecule has 5 heterocycles. The number of hydrogen-bond acceptors (Lipinski definition) is 8. The molecule has 38 heavy (non-hydrogen) atoms. The Hall–Kier alpha value is -4.71. The molecule has 0 fully saturated rings. The van der Waals surface area contributed by atoms with Crippen LogP contribution in [0.5, 0.6) is 0 Å². The van der Waals surface area contributed by atoms with E-state index in [1.165, 1.54) is 12.1 Å². The summed E-state index contributed by atoms with van der Waals surface area (Å²) in [6, 6.07) is 9.97. The molecular formula is C26H21FN8O2S. The van der Waals surface area contributed by atoms with Crippen molar-refractivity contribution in [3.05, 3.63) is 72.6 Å². The van der Waals surface area contributed by atoms with E-state index in [1.54, 1.807) is 43.0 Å². The zero-order valence-corrected chi connectivity index (χ0v) is 20.9. The lowest BCUT2D eigenvalue weighted by atomic mass is 10.0. The van der Waals surface area contributed by atoms with Crippen molar-refractivity contribution in [2.75, 3.05) is 17.7 Å². The predicted molar refractivity (Wildman–Crippen MR) is 143 cm³/mol. The fourth-order valence-corrected chi connectivity index (χ4v) is 4.98. The number of sulfone groups is 1. The van der Waals surface area contributed by atoms with Crippen LogP contribution in [0.2, 0.25) is 0 Å². The molecule has 5 aromatic heterocycles. The summed E-state index contributed by atoms with van der Waals surface area (Å²) >= 11 is 0. The van der Waals surface area contributed by atoms with Gasteiger partial charge in [0.05, 0.1) is 34.4 Å². The van der Waals surface area contributed by atoms with Gasteiger partial charge in [-0.1, -0.05) is 6.07 Å². The van der Waals surface area contributed by atoms with Gasteiger partial charge in [0, 0.05) is 41.4 Å². The van der Waals surface area contributed by atoms with Crippen LogP contribution >= 0.6 is 0 Å². The average molecular weight is 529 g/mol. The maximum atomic E-state index is 14.5. The fraction of sp³-hybridized carbons (Fsp3) is 0.115. The van der Waals surface area contributed by atoms with Gasteiger partial charge < -0.3 is 10.7 Å². The Morgan fingerprint density at radius 3 is 2.71 bits per heavy atom. The van der Waals surface area contributed by atoms with E-state index in [9.17, 15) is 12.8 Å². The summed E-state index contributed by atoms with van der Waals surface area (Å²) in [5.74, 6) is -0.0438. The predicted octanol–water partition coefficient (Wildman–Crippen LogP) is 3.93. The van der Waals surface area contributed by atoms with Crippen molar-refractivity contribution in [1.29, 1.82) is 0 Å². The summed E-state index contributed by atoms with van der Waals surface area (Å²) < 4.78 is 37.7. The molecule has 0 unspecified atom stereocenters. The smallest absolute Gasteiger partial charge is 0.178 e. The second-order valence-corrected chi connectivity index (χ2v) is 11.3. The zero-order valence-electron chi connectivity index (χ0n) is 20.1. The van der Waals surface area contributed by atoms with E-state index < -0.39 is 15.7 Å². The van der Waals surface area contributed by atoms with Gasteiger partial charge in [0.1, 0.15) is 21.3 Å². The summed E-state index contributed by atoms with van der Waals surface area (Å²) in [5.41, 5.74) is 12.0. The van der Waals surface area contributed by atoms with Gasteiger partial charge in [-0.05, 0) is 47.9 Å². The first-order valence-electron chi connectivity index (χ1n) is 11.6. The van der Waals surface area contributed by atoms with Crippen LogP contribution in [-0.2, 0) is 16.3 Å². The molecule has 0 saturated carbocycles. The van der Waals surface area contributed by atoms with Crippen LogP contribution in [-0.4, -0.2) is 55.5 Å². The minimum atomic E-state index is -3.18. The molecule has 1 aromatic carbocycles. The van der Waals surface area contributed by atoms with E-state index in [1.807, 2.05) is 6.07 Å². The molecule has 12 heteroatoms. The van der Waals surface area contributed by atoms with Gasteiger partial charge in [-0.25, -0.2) is 22.8 Å². The molecule has 6 aromatic rings. The van der Waals surface area contributed by atoms with Gasteiger partial charge in [0.2, 0.25) is 0 Å². The number of H-pyrrole nitrogens is 2. The largest absolute Gasteiger partial charge is 0.397 e. The number of nitrogens with two attached hydrogens (primary N) is 1. The quantitative estimate of drug-likeness (QED) is 0.293. The third kappa shape index (κ3) is 4.57. The number of nitrogens with one attached hydrogen (secondary N) is 2. The molecule has 0 aliphatic carbocycles. The third-order valence-corrected chi connectivity index (χ3v) is 7.09. The van der Waals surface area contributed by atoms with E-state index in [0.717, 1.165) is 22.7 Å². The average Bonchev–Trinajstić information content (AvgIpc) is 3.50. The Labute approximate surface area is 216 Å². The van der Waals surface area contributed by atoms with Gasteiger partial charge in [-0.3, -0.25) is 15.1 Å². The Kier molecular flexibility index (Phi) is 5.60. The molecule has 4 N–H and O–H groups in total. The summed E-state index contributed by atoms with van der Waals surface area (Å²) in [5, 5.41) is 8.21. The molecule has 6 rings (SSSR count). The SMILES string of the molecule is CS(=O)(=O)CCc1cc(F)cc(-c2ccnc3nc(-c4n[nH]c5cnc(-c6cncc(N)c6)cc45)[nH]c23)c1. The highest BCUT2D eigenvalue weighted by Crippen LogP contribution is 2.32. The minimum absolute atomic E-state index is 0.0649. The lowest BCUT2D eigenvalue weighted by Crippen LogP contribution is -2.06. The Morgan fingerprint density at radius 2 is 1.89 bits per heavy atom. The first-order valence-corrected chi connectivity index (χ1v) is 13.7. The van der Waals surface area contributed by atoms with Crippen LogP contribution < -0.4 is 5.73 Å². The van der Waals surface area contributed by atoms with Crippen LogP contribution in [0.25, 0.3) is 56.0 Å². The van der Waals surface area contributed by atoms with Gasteiger partial charge in [-0.15, -0.1) is 0 Å². The number of halogens is 1. The number of rotatable bonds is 6. The molecule has 10 nitrogen and oxygen atoms in total. The summed E-state index contributed by atoms with van der Waals surface area (Å²) in [4.78, 5) is 20.9. The number of hydrogen-bond donors (Lipinski definition) is 3. The normalized spacial score (nSPS) is 11.9. The molecule has 0 bridgehead atoms. The highest BCUT2D eigenvalue weighted by Gasteiger charge is 2.17. The number of aromatic amines is 2. The molecule has 0 aliphatic rings. The van der Waals surface area contributed by atoms with E-state index >= 15 is 0 Å². The molecule has 0 radical (unpaired) electrons. The van der Waals surface area contributed by atoms with Crippen molar-refractivity contribution in [3.8, 4) is 33.9 Å². The monoisotopic (exact) mass is 528 g/mol. The second kappa shape index (κ2) is 8.99. The molecular weight excluding hydrogens is 507 g/mol. The number of pyridine rings is 3. The molecule has 0 saturated heterocycles. The second-order valence-electron chi connectivity index (χ2n) is 9.06. The van der Waals surface area contributed by atoms with Crippen LogP contribution in [0, 0.1) is 5.82 Å². The fourth-order valence-electron chi connectivity index (χ4n) is 4.37. The first kappa shape index (κ1) is 23.7. The summed E-state index contributed by atoms with van der Waals surface area (Å²) in [6.45, 7) is 0. The number of nitrogen functional groups attached to an aromatic ring is 1. The van der Waals surface area contributed by atoms with Crippen molar-refractivity contribution in [1.82, 2.24) is 35.1 Å². The number of benzene rings is 1. The third-order valence-electron chi connectivity index (χ3n) is 6.15. The van der Waals surface area contributed by atoms with E-state index in [4.69, 9.17) is 5.73 Å². The number of anilines is 1. The van der Waals surface area contributed by atoms with Crippen molar-refractivity contribution in [3.63, 3.8) is 0 Å². The molecule has 0 aliphatic heterocycles. The Balaban J connectivity index is 1.43. The van der Waals surface area contributed by atoms with Crippen molar-refractivity contribution in [2.45, 2.75) is 6.42 Å². The molecule has 190 valence electrons. The lowest BCUT2D eigenvalue weighted by Gasteiger charge is -2.07. The van der Waals surface area contributed by atoms with Crippen LogP contribution in [0.4, 0.5) is 10.1 Å². The van der Waals surface area contributed by atoms with Crippen LogP contribution in [0.1, 0.15) is 5.56 Å². The van der Waals surface area contributed by atoms with E-state index in [2.05, 4.69) is 35.1 Å².